The van der Waals surface area contributed by atoms with E-state index in [1.807, 2.05) is 0 Å². The van der Waals surface area contributed by atoms with Gasteiger partial charge in [-0.05, 0) is 154 Å². The first kappa shape index (κ1) is 57.0. The summed E-state index contributed by atoms with van der Waals surface area (Å²) in [5.41, 5.74) is 23.4. The summed E-state index contributed by atoms with van der Waals surface area (Å²) in [5, 5.41) is 0. The van der Waals surface area contributed by atoms with Gasteiger partial charge in [-0.15, -0.1) is 0 Å². The van der Waals surface area contributed by atoms with E-state index in [1.54, 1.807) is 0 Å². The molecule has 0 aliphatic heterocycles. The molecule has 0 heterocycles. The summed E-state index contributed by atoms with van der Waals surface area (Å²) in [6.45, 7) is 72.4. The minimum atomic E-state index is -0.299. The number of benzene rings is 5. The highest BCUT2D eigenvalue weighted by atomic mass is 14.4. The standard InChI is InChI=1S/C70H102/c1-61(2,3)47-31-43(32-48(39-47)62(4,5)6)55-56(44-33-49(63(7,8)9)40-50(34-44)64(10,11)12)60(70(28,29)30)58(46-37-53(67(19,20)21)42-54(38-46)68(22,23)24)57(59(55)69(25,26)27)45-35-51(65(13,14)15)41-52(36-45)66(16,17)18/h31-42H,1-30H3. The predicted octanol–water partition coefficient (Wildman–Crippen LogP) is 21.3. The van der Waals surface area contributed by atoms with E-state index in [0.717, 1.165) is 0 Å². The second-order valence-corrected chi connectivity index (χ2v) is 31.9. The SMILES string of the molecule is CC(C)(C)c1cc(-c2c(-c3cc(C(C)(C)C)cc(C(C)(C)C)c3)c(C(C)(C)C)c(-c3cc(C(C)(C)C)cc(C(C)(C)C)c3)c(-c3cc(C(C)(C)C)cc(C(C)(C)C)c3)c2C(C)(C)C)cc(C(C)(C)C)c1. The van der Waals surface area contributed by atoms with Gasteiger partial charge in [0.1, 0.15) is 0 Å². The first-order valence-corrected chi connectivity index (χ1v) is 26.9. The molecule has 0 spiro atoms. The third-order valence-electron chi connectivity index (χ3n) is 14.8. The normalized spacial score (nSPS) is 14.1. The van der Waals surface area contributed by atoms with Gasteiger partial charge in [0.25, 0.3) is 0 Å². The van der Waals surface area contributed by atoms with Gasteiger partial charge in [-0.1, -0.05) is 281 Å². The van der Waals surface area contributed by atoms with Gasteiger partial charge in [0.2, 0.25) is 0 Å². The van der Waals surface area contributed by atoms with Crippen LogP contribution in [0.4, 0.5) is 0 Å². The van der Waals surface area contributed by atoms with Crippen molar-refractivity contribution in [1.82, 2.24) is 0 Å². The van der Waals surface area contributed by atoms with Crippen LogP contribution >= 0.6 is 0 Å². The van der Waals surface area contributed by atoms with Crippen molar-refractivity contribution in [2.75, 3.05) is 0 Å². The fourth-order valence-corrected chi connectivity index (χ4v) is 9.96. The van der Waals surface area contributed by atoms with Gasteiger partial charge in [0, 0.05) is 0 Å². The molecule has 5 rings (SSSR count). The first-order valence-electron chi connectivity index (χ1n) is 26.9. The van der Waals surface area contributed by atoms with E-state index in [0.29, 0.717) is 0 Å². The summed E-state index contributed by atoms with van der Waals surface area (Å²) in [6, 6.07) is 30.7. The predicted molar refractivity (Wildman–Crippen MR) is 315 cm³/mol. The highest BCUT2D eigenvalue weighted by Gasteiger charge is 2.39. The van der Waals surface area contributed by atoms with Crippen molar-refractivity contribution in [3.63, 3.8) is 0 Å². The molecule has 0 aliphatic carbocycles. The Bertz CT molecular complexity index is 2240. The minimum Gasteiger partial charge on any atom is -0.0561 e. The summed E-state index contributed by atoms with van der Waals surface area (Å²) in [7, 11) is 0. The molecule has 0 saturated heterocycles. The molecule has 0 saturated carbocycles. The molecule has 0 radical (unpaired) electrons. The molecule has 70 heavy (non-hydrogen) atoms. The Hall–Kier alpha value is -3.90. The zero-order chi connectivity index (χ0) is 53.9. The van der Waals surface area contributed by atoms with Gasteiger partial charge >= 0.3 is 0 Å². The highest BCUT2D eigenvalue weighted by Crippen LogP contribution is 2.57. The smallest absolute Gasteiger partial charge is 0.00581 e. The molecule has 0 N–H and O–H groups in total. The maximum absolute atomic E-state index is 2.58. The second kappa shape index (κ2) is 17.9. The van der Waals surface area contributed by atoms with Gasteiger partial charge < -0.3 is 0 Å². The lowest BCUT2D eigenvalue weighted by atomic mass is 9.64. The Kier molecular flexibility index (Phi) is 14.6. The molecule has 5 aromatic rings. The third-order valence-corrected chi connectivity index (χ3v) is 14.8. The summed E-state index contributed by atoms with van der Waals surface area (Å²) >= 11 is 0. The fourth-order valence-electron chi connectivity index (χ4n) is 9.96. The van der Waals surface area contributed by atoms with Crippen molar-refractivity contribution in [2.24, 2.45) is 0 Å². The van der Waals surface area contributed by atoms with E-state index >= 15 is 0 Å². The molecule has 0 heteroatoms. The maximum Gasteiger partial charge on any atom is -0.00581 e. The summed E-state index contributed by atoms with van der Waals surface area (Å²) in [5.74, 6) is 0. The molecule has 0 atom stereocenters. The van der Waals surface area contributed by atoms with E-state index in [4.69, 9.17) is 0 Å². The average molecular weight is 944 g/mol. The van der Waals surface area contributed by atoms with Crippen LogP contribution in [0.1, 0.15) is 263 Å². The number of hydrogen-bond acceptors (Lipinski definition) is 0. The zero-order valence-corrected chi connectivity index (χ0v) is 50.9. The quantitative estimate of drug-likeness (QED) is 0.168. The lowest BCUT2D eigenvalue weighted by Crippen LogP contribution is -2.24. The molecule has 5 aromatic carbocycles. The van der Waals surface area contributed by atoms with Crippen molar-refractivity contribution in [3.05, 3.63) is 128 Å². The lowest BCUT2D eigenvalue weighted by Gasteiger charge is -2.39. The summed E-state index contributed by atoms with van der Waals surface area (Å²) in [6.07, 6.45) is 0. The molecule has 0 nitrogen and oxygen atoms in total. The molecular formula is C70H102. The molecule has 0 amide bonds. The Balaban J connectivity index is 2.46. The number of rotatable bonds is 4. The van der Waals surface area contributed by atoms with Crippen LogP contribution in [0.2, 0.25) is 0 Å². The third kappa shape index (κ3) is 12.3. The van der Waals surface area contributed by atoms with Gasteiger partial charge in [0.15, 0.2) is 0 Å². The topological polar surface area (TPSA) is 0 Å². The molecule has 0 unspecified atom stereocenters. The maximum atomic E-state index is 2.58. The molecular weight excluding hydrogens is 841 g/mol. The molecule has 0 aliphatic rings. The van der Waals surface area contributed by atoms with Crippen LogP contribution in [0.25, 0.3) is 44.5 Å². The highest BCUT2D eigenvalue weighted by molar-refractivity contribution is 6.03. The Labute approximate surface area is 432 Å². The average Bonchev–Trinajstić information content (AvgIpc) is 3.15. The monoisotopic (exact) mass is 943 g/mol. The molecule has 0 aromatic heterocycles. The van der Waals surface area contributed by atoms with Crippen LogP contribution in [0.3, 0.4) is 0 Å². The molecule has 0 fully saturated rings. The van der Waals surface area contributed by atoms with Crippen molar-refractivity contribution in [2.45, 2.75) is 262 Å². The van der Waals surface area contributed by atoms with Crippen molar-refractivity contribution in [1.29, 1.82) is 0 Å². The van der Waals surface area contributed by atoms with Crippen molar-refractivity contribution in [3.8, 4) is 44.5 Å². The van der Waals surface area contributed by atoms with E-state index in [1.165, 1.54) is 100 Å². The largest absolute Gasteiger partial charge is 0.0561 e. The Morgan fingerprint density at radius 2 is 0.271 bits per heavy atom. The minimum absolute atomic E-state index is 0.0708. The van der Waals surface area contributed by atoms with E-state index in [-0.39, 0.29) is 54.1 Å². The van der Waals surface area contributed by atoms with E-state index < -0.39 is 0 Å². The second-order valence-electron chi connectivity index (χ2n) is 31.9. The molecule has 0 bridgehead atoms. The van der Waals surface area contributed by atoms with Gasteiger partial charge in [-0.25, -0.2) is 0 Å². The van der Waals surface area contributed by atoms with E-state index in [2.05, 4.69) is 281 Å². The van der Waals surface area contributed by atoms with Crippen molar-refractivity contribution < 1.29 is 0 Å². The van der Waals surface area contributed by atoms with Crippen LogP contribution in [-0.2, 0) is 54.1 Å². The van der Waals surface area contributed by atoms with Gasteiger partial charge in [-0.2, -0.15) is 0 Å². The van der Waals surface area contributed by atoms with Gasteiger partial charge in [0.05, 0.1) is 0 Å². The van der Waals surface area contributed by atoms with Crippen molar-refractivity contribution >= 4 is 0 Å². The Morgan fingerprint density at radius 1 is 0.157 bits per heavy atom. The number of hydrogen-bond donors (Lipinski definition) is 0. The lowest BCUT2D eigenvalue weighted by molar-refractivity contribution is 0.566. The summed E-state index contributed by atoms with van der Waals surface area (Å²) < 4.78 is 0. The first-order chi connectivity index (χ1) is 31.0. The van der Waals surface area contributed by atoms with Crippen LogP contribution in [-0.4, -0.2) is 0 Å². The van der Waals surface area contributed by atoms with Crippen LogP contribution in [0.5, 0.6) is 0 Å². The van der Waals surface area contributed by atoms with Crippen LogP contribution in [0.15, 0.2) is 72.8 Å². The Morgan fingerprint density at radius 3 is 0.357 bits per heavy atom. The molecule has 382 valence electrons. The van der Waals surface area contributed by atoms with Crippen LogP contribution < -0.4 is 0 Å². The van der Waals surface area contributed by atoms with Crippen LogP contribution in [0, 0.1) is 0 Å². The summed E-state index contributed by atoms with van der Waals surface area (Å²) in [4.78, 5) is 0. The zero-order valence-electron chi connectivity index (χ0n) is 50.9. The van der Waals surface area contributed by atoms with E-state index in [9.17, 15) is 0 Å². The fraction of sp³-hybridized carbons (Fsp3) is 0.571. The van der Waals surface area contributed by atoms with Gasteiger partial charge in [-0.3, -0.25) is 0 Å².